The van der Waals surface area contributed by atoms with E-state index in [1.165, 1.54) is 0 Å². The maximum Gasteiger partial charge on any atom is 1.00 e. The molecule has 0 N–H and O–H groups in total. The largest absolute Gasteiger partial charge is 1.00 e. The Kier molecular flexibility index (Phi) is 5.84. The molecule has 0 fully saturated rings. The summed E-state index contributed by atoms with van der Waals surface area (Å²) < 4.78 is 4.86. The Balaban J connectivity index is 0.000000640. The second kappa shape index (κ2) is 5.44. The van der Waals surface area contributed by atoms with Gasteiger partial charge in [0, 0.05) is 5.75 Å². The van der Waals surface area contributed by atoms with Crippen LogP contribution >= 0.6 is 0 Å². The normalized spacial score (nSPS) is 7.67. The van der Waals surface area contributed by atoms with Crippen molar-refractivity contribution < 1.29 is 56.1 Å². The van der Waals surface area contributed by atoms with Crippen molar-refractivity contribution in [1.29, 1.82) is 0 Å². The molecule has 1 rings (SSSR count). The SMILES string of the molecule is COc1[c-]cccc1.[K+]. The van der Waals surface area contributed by atoms with Crippen molar-refractivity contribution in [2.75, 3.05) is 7.11 Å². The van der Waals surface area contributed by atoms with Crippen molar-refractivity contribution in [2.24, 2.45) is 0 Å². The van der Waals surface area contributed by atoms with E-state index in [4.69, 9.17) is 4.74 Å². The Hall–Kier alpha value is 0.656. The molecule has 0 heterocycles. The molecule has 0 saturated heterocycles. The molecule has 0 saturated carbocycles. The smallest absolute Gasteiger partial charge is 0.523 e. The standard InChI is InChI=1S/C7H7O.K/c1-8-7-5-3-2-4-6-7;/h2-5H,1H3;/q-1;+1. The van der Waals surface area contributed by atoms with Gasteiger partial charge in [0.1, 0.15) is 0 Å². The summed E-state index contributed by atoms with van der Waals surface area (Å²) in [7, 11) is 1.63. The Bertz CT molecular complexity index is 150. The van der Waals surface area contributed by atoms with Gasteiger partial charge in [0.15, 0.2) is 0 Å². The van der Waals surface area contributed by atoms with Crippen LogP contribution < -0.4 is 56.1 Å². The van der Waals surface area contributed by atoms with E-state index in [9.17, 15) is 0 Å². The van der Waals surface area contributed by atoms with Gasteiger partial charge >= 0.3 is 51.4 Å². The van der Waals surface area contributed by atoms with Crippen LogP contribution in [-0.2, 0) is 0 Å². The van der Waals surface area contributed by atoms with Gasteiger partial charge in [-0.3, -0.25) is 0 Å². The predicted molar refractivity (Wildman–Crippen MR) is 31.8 cm³/mol. The van der Waals surface area contributed by atoms with Gasteiger partial charge in [-0.2, -0.15) is 18.2 Å². The summed E-state index contributed by atoms with van der Waals surface area (Å²) in [4.78, 5) is 0. The zero-order chi connectivity index (χ0) is 5.82. The maximum absolute atomic E-state index is 4.86. The number of methoxy groups -OCH3 is 1. The zero-order valence-corrected chi connectivity index (χ0v) is 8.84. The second-order valence-electron chi connectivity index (χ2n) is 1.43. The molecule has 2 heteroatoms. The molecule has 0 aliphatic heterocycles. The molecule has 0 aromatic heterocycles. The number of ether oxygens (including phenoxy) is 1. The zero-order valence-electron chi connectivity index (χ0n) is 5.72. The van der Waals surface area contributed by atoms with Crippen molar-refractivity contribution in [1.82, 2.24) is 0 Å². The van der Waals surface area contributed by atoms with Crippen LogP contribution in [0.2, 0.25) is 0 Å². The molecule has 0 aliphatic carbocycles. The molecule has 0 atom stereocenters. The fourth-order valence-corrected chi connectivity index (χ4v) is 0.504. The van der Waals surface area contributed by atoms with Gasteiger partial charge in [0.2, 0.25) is 0 Å². The Morgan fingerprint density at radius 2 is 2.22 bits per heavy atom. The molecular formula is C7H7KO. The van der Waals surface area contributed by atoms with Crippen LogP contribution in [0.15, 0.2) is 24.3 Å². The molecule has 0 unspecified atom stereocenters. The molecule has 1 aromatic rings. The molecule has 0 aliphatic rings. The van der Waals surface area contributed by atoms with Crippen LogP contribution in [0.25, 0.3) is 0 Å². The fraction of sp³-hybridized carbons (Fsp3) is 0.143. The summed E-state index contributed by atoms with van der Waals surface area (Å²) in [6, 6.07) is 10.4. The quantitative estimate of drug-likeness (QED) is 0.346. The third-order valence-corrected chi connectivity index (χ3v) is 0.900. The number of para-hydroxylation sites is 1. The third-order valence-electron chi connectivity index (χ3n) is 0.900. The van der Waals surface area contributed by atoms with Crippen molar-refractivity contribution >= 4 is 0 Å². The minimum absolute atomic E-state index is 0. The number of rotatable bonds is 1. The summed E-state index contributed by atoms with van der Waals surface area (Å²) in [5.41, 5.74) is 0. The van der Waals surface area contributed by atoms with Gasteiger partial charge in [-0.25, -0.2) is 0 Å². The van der Waals surface area contributed by atoms with Crippen LogP contribution in [0.4, 0.5) is 0 Å². The first-order valence-corrected chi connectivity index (χ1v) is 2.44. The summed E-state index contributed by atoms with van der Waals surface area (Å²) in [5, 5.41) is 0. The van der Waals surface area contributed by atoms with Crippen molar-refractivity contribution in [3.05, 3.63) is 30.3 Å². The Morgan fingerprint density at radius 1 is 1.44 bits per heavy atom. The fourth-order valence-electron chi connectivity index (χ4n) is 0.504. The van der Waals surface area contributed by atoms with Crippen LogP contribution in [0.1, 0.15) is 0 Å². The molecule has 9 heavy (non-hydrogen) atoms. The van der Waals surface area contributed by atoms with Gasteiger partial charge in [-0.15, -0.1) is 12.1 Å². The first-order chi connectivity index (χ1) is 3.93. The van der Waals surface area contributed by atoms with Crippen molar-refractivity contribution in [3.63, 3.8) is 0 Å². The van der Waals surface area contributed by atoms with E-state index in [1.54, 1.807) is 7.11 Å². The van der Waals surface area contributed by atoms with Gasteiger partial charge < -0.3 is 4.74 Å². The predicted octanol–water partition coefficient (Wildman–Crippen LogP) is -1.50. The summed E-state index contributed by atoms with van der Waals surface area (Å²) >= 11 is 0. The molecular weight excluding hydrogens is 139 g/mol. The Morgan fingerprint density at radius 3 is 2.56 bits per heavy atom. The summed E-state index contributed by atoms with van der Waals surface area (Å²) in [6.07, 6.45) is 0. The van der Waals surface area contributed by atoms with E-state index in [2.05, 4.69) is 6.07 Å². The molecule has 1 nitrogen and oxygen atoms in total. The number of hydrogen-bond acceptors (Lipinski definition) is 1. The second-order valence-corrected chi connectivity index (χ2v) is 1.43. The van der Waals surface area contributed by atoms with E-state index < -0.39 is 0 Å². The minimum atomic E-state index is 0. The minimum Gasteiger partial charge on any atom is -0.523 e. The average Bonchev–Trinajstić information content (AvgIpc) is 1.90. The molecule has 1 aromatic carbocycles. The molecule has 42 valence electrons. The van der Waals surface area contributed by atoms with E-state index in [0.29, 0.717) is 0 Å². The van der Waals surface area contributed by atoms with Crippen LogP contribution in [0.5, 0.6) is 5.75 Å². The topological polar surface area (TPSA) is 9.23 Å². The Labute approximate surface area is 97.8 Å². The molecule has 0 spiro atoms. The average molecular weight is 146 g/mol. The molecule has 0 bridgehead atoms. The maximum atomic E-state index is 4.86. The number of hydrogen-bond donors (Lipinski definition) is 0. The first kappa shape index (κ1) is 9.66. The first-order valence-electron chi connectivity index (χ1n) is 2.44. The van der Waals surface area contributed by atoms with Gasteiger partial charge in [0.25, 0.3) is 0 Å². The van der Waals surface area contributed by atoms with Crippen molar-refractivity contribution in [2.45, 2.75) is 0 Å². The van der Waals surface area contributed by atoms with E-state index >= 15 is 0 Å². The van der Waals surface area contributed by atoms with Gasteiger partial charge in [0.05, 0.1) is 7.11 Å². The van der Waals surface area contributed by atoms with Crippen LogP contribution in [-0.4, -0.2) is 7.11 Å². The molecule has 0 radical (unpaired) electrons. The number of benzene rings is 1. The monoisotopic (exact) mass is 146 g/mol. The van der Waals surface area contributed by atoms with E-state index in [0.717, 1.165) is 5.75 Å². The van der Waals surface area contributed by atoms with Crippen LogP contribution in [0, 0.1) is 6.07 Å². The van der Waals surface area contributed by atoms with Crippen LogP contribution in [0.3, 0.4) is 0 Å². The summed E-state index contributed by atoms with van der Waals surface area (Å²) in [5.74, 6) is 0.785. The summed E-state index contributed by atoms with van der Waals surface area (Å²) in [6.45, 7) is 0. The van der Waals surface area contributed by atoms with Gasteiger partial charge in [-0.1, -0.05) is 0 Å². The van der Waals surface area contributed by atoms with Crippen molar-refractivity contribution in [3.8, 4) is 5.75 Å². The molecule has 0 amide bonds. The van der Waals surface area contributed by atoms with E-state index in [1.807, 2.05) is 24.3 Å². The van der Waals surface area contributed by atoms with Gasteiger partial charge in [-0.05, 0) is 0 Å². The van der Waals surface area contributed by atoms with E-state index in [-0.39, 0.29) is 51.4 Å². The third kappa shape index (κ3) is 3.38.